The molecular formula is C16H13F4N3O3. The van der Waals surface area contributed by atoms with Crippen molar-refractivity contribution in [1.82, 2.24) is 5.32 Å². The molecule has 6 nitrogen and oxygen atoms in total. The molecule has 0 unspecified atom stereocenters. The molecule has 0 heterocycles. The first-order valence-corrected chi connectivity index (χ1v) is 7.32. The van der Waals surface area contributed by atoms with Crippen molar-refractivity contribution in [3.05, 3.63) is 69.5 Å². The van der Waals surface area contributed by atoms with E-state index in [1.807, 2.05) is 0 Å². The van der Waals surface area contributed by atoms with Gasteiger partial charge in [-0.2, -0.15) is 13.2 Å². The van der Waals surface area contributed by atoms with Crippen LogP contribution in [0.3, 0.4) is 0 Å². The highest BCUT2D eigenvalue weighted by Gasteiger charge is 2.32. The van der Waals surface area contributed by atoms with E-state index in [2.05, 4.69) is 10.6 Å². The molecule has 0 radical (unpaired) electrons. The fourth-order valence-electron chi connectivity index (χ4n) is 2.11. The Morgan fingerprint density at radius 1 is 1.12 bits per heavy atom. The molecule has 2 rings (SSSR count). The number of hydrogen-bond donors (Lipinski definition) is 2. The molecule has 0 saturated carbocycles. The Labute approximate surface area is 145 Å². The van der Waals surface area contributed by atoms with Gasteiger partial charge in [-0.25, -0.2) is 4.39 Å². The van der Waals surface area contributed by atoms with Crippen LogP contribution in [-0.2, 0) is 6.18 Å². The van der Waals surface area contributed by atoms with Gasteiger partial charge in [0.15, 0.2) is 0 Å². The summed E-state index contributed by atoms with van der Waals surface area (Å²) < 4.78 is 50.9. The van der Waals surface area contributed by atoms with E-state index < -0.39 is 34.1 Å². The number of nitro benzene ring substituents is 1. The number of nitrogens with one attached hydrogen (secondary N) is 2. The van der Waals surface area contributed by atoms with E-state index in [0.29, 0.717) is 6.07 Å². The van der Waals surface area contributed by atoms with Crippen LogP contribution in [-0.4, -0.2) is 23.9 Å². The predicted molar refractivity (Wildman–Crippen MR) is 85.3 cm³/mol. The zero-order valence-electron chi connectivity index (χ0n) is 13.1. The van der Waals surface area contributed by atoms with E-state index in [0.717, 1.165) is 18.2 Å². The number of anilines is 1. The molecule has 0 saturated heterocycles. The lowest BCUT2D eigenvalue weighted by Gasteiger charge is -2.11. The average Bonchev–Trinajstić information content (AvgIpc) is 2.57. The first-order chi connectivity index (χ1) is 12.2. The molecule has 0 fully saturated rings. The van der Waals surface area contributed by atoms with E-state index in [4.69, 9.17) is 0 Å². The maximum Gasteiger partial charge on any atom is 0.416 e. The molecule has 2 aromatic rings. The molecule has 0 aliphatic rings. The average molecular weight is 371 g/mol. The lowest BCUT2D eigenvalue weighted by Crippen LogP contribution is -2.28. The maximum atomic E-state index is 13.0. The molecule has 0 atom stereocenters. The van der Waals surface area contributed by atoms with Gasteiger partial charge in [0.05, 0.1) is 10.5 Å². The van der Waals surface area contributed by atoms with E-state index in [-0.39, 0.29) is 24.3 Å². The SMILES string of the molecule is O=C(NCCNc1ccc(C(F)(F)F)cc1[N+](=O)[O-])c1cccc(F)c1. The van der Waals surface area contributed by atoms with E-state index >= 15 is 0 Å². The third-order valence-corrected chi connectivity index (χ3v) is 3.33. The molecular weight excluding hydrogens is 358 g/mol. The molecule has 1 amide bonds. The third kappa shape index (κ3) is 4.91. The second kappa shape index (κ2) is 7.81. The summed E-state index contributed by atoms with van der Waals surface area (Å²) in [6.45, 7) is 0.0424. The van der Waals surface area contributed by atoms with Gasteiger partial charge in [0.1, 0.15) is 11.5 Å². The number of halogens is 4. The number of alkyl halides is 3. The molecule has 10 heteroatoms. The summed E-state index contributed by atoms with van der Waals surface area (Å²) in [5, 5.41) is 16.0. The van der Waals surface area contributed by atoms with Crippen LogP contribution in [0.5, 0.6) is 0 Å². The number of hydrogen-bond acceptors (Lipinski definition) is 4. The minimum absolute atomic E-state index is 0.0211. The fraction of sp³-hybridized carbons (Fsp3) is 0.188. The van der Waals surface area contributed by atoms with Gasteiger partial charge >= 0.3 is 6.18 Å². The van der Waals surface area contributed by atoms with Crippen LogP contribution in [0.4, 0.5) is 28.9 Å². The van der Waals surface area contributed by atoms with Gasteiger partial charge in [-0.15, -0.1) is 0 Å². The van der Waals surface area contributed by atoms with Crippen molar-refractivity contribution >= 4 is 17.3 Å². The number of amides is 1. The summed E-state index contributed by atoms with van der Waals surface area (Å²) in [6, 6.07) is 7.12. The van der Waals surface area contributed by atoms with Crippen molar-refractivity contribution in [2.45, 2.75) is 6.18 Å². The van der Waals surface area contributed by atoms with E-state index in [1.165, 1.54) is 18.2 Å². The zero-order chi connectivity index (χ0) is 19.3. The monoisotopic (exact) mass is 371 g/mol. The van der Waals surface area contributed by atoms with Gasteiger partial charge in [-0.3, -0.25) is 14.9 Å². The van der Waals surface area contributed by atoms with Crippen LogP contribution in [0.15, 0.2) is 42.5 Å². The number of carbonyl (C=O) groups is 1. The van der Waals surface area contributed by atoms with Crippen molar-refractivity contribution in [2.75, 3.05) is 18.4 Å². The number of nitrogens with zero attached hydrogens (tertiary/aromatic N) is 1. The highest BCUT2D eigenvalue weighted by molar-refractivity contribution is 5.94. The molecule has 26 heavy (non-hydrogen) atoms. The molecule has 0 spiro atoms. The van der Waals surface area contributed by atoms with Crippen LogP contribution in [0.1, 0.15) is 15.9 Å². The van der Waals surface area contributed by atoms with Gasteiger partial charge in [0, 0.05) is 24.7 Å². The van der Waals surface area contributed by atoms with Crippen molar-refractivity contribution in [2.24, 2.45) is 0 Å². The Balaban J connectivity index is 1.97. The summed E-state index contributed by atoms with van der Waals surface area (Å²) in [6.07, 6.45) is -4.69. The number of benzene rings is 2. The second-order valence-corrected chi connectivity index (χ2v) is 5.18. The standard InChI is InChI=1S/C16H13F4N3O3/c17-12-3-1-2-10(8-12)15(24)22-7-6-21-13-5-4-11(16(18,19)20)9-14(13)23(25)26/h1-5,8-9,21H,6-7H2,(H,22,24). The number of rotatable bonds is 6. The summed E-state index contributed by atoms with van der Waals surface area (Å²) in [4.78, 5) is 21.8. The van der Waals surface area contributed by atoms with Crippen LogP contribution in [0, 0.1) is 15.9 Å². The first kappa shape index (κ1) is 19.2. The summed E-state index contributed by atoms with van der Waals surface area (Å²) in [5.41, 5.74) is -1.86. The van der Waals surface area contributed by atoms with Crippen molar-refractivity contribution in [3.8, 4) is 0 Å². The highest BCUT2D eigenvalue weighted by Crippen LogP contribution is 2.34. The van der Waals surface area contributed by atoms with Crippen LogP contribution in [0.2, 0.25) is 0 Å². The molecule has 0 aliphatic carbocycles. The Hall–Kier alpha value is -3.17. The Bertz CT molecular complexity index is 825. The van der Waals surface area contributed by atoms with Crippen molar-refractivity contribution in [1.29, 1.82) is 0 Å². The summed E-state index contributed by atoms with van der Waals surface area (Å²) >= 11 is 0. The predicted octanol–water partition coefficient (Wildman–Crippen LogP) is 3.59. The quantitative estimate of drug-likeness (QED) is 0.352. The number of carbonyl (C=O) groups excluding carboxylic acids is 1. The number of nitro groups is 1. The van der Waals surface area contributed by atoms with Gasteiger partial charge in [-0.05, 0) is 30.3 Å². The second-order valence-electron chi connectivity index (χ2n) is 5.18. The van der Waals surface area contributed by atoms with E-state index in [1.54, 1.807) is 0 Å². The Morgan fingerprint density at radius 2 is 1.85 bits per heavy atom. The summed E-state index contributed by atoms with van der Waals surface area (Å²) in [5.74, 6) is -1.12. The topological polar surface area (TPSA) is 84.3 Å². The van der Waals surface area contributed by atoms with Gasteiger partial charge in [-0.1, -0.05) is 6.07 Å². The largest absolute Gasteiger partial charge is 0.416 e. The normalized spacial score (nSPS) is 11.1. The molecule has 138 valence electrons. The molecule has 0 aromatic heterocycles. The molecule has 2 aromatic carbocycles. The Kier molecular flexibility index (Phi) is 5.75. The zero-order valence-corrected chi connectivity index (χ0v) is 13.1. The molecule has 0 bridgehead atoms. The lowest BCUT2D eigenvalue weighted by atomic mass is 10.1. The third-order valence-electron chi connectivity index (χ3n) is 3.33. The lowest BCUT2D eigenvalue weighted by molar-refractivity contribution is -0.384. The van der Waals surface area contributed by atoms with Crippen molar-refractivity contribution in [3.63, 3.8) is 0 Å². The van der Waals surface area contributed by atoms with E-state index in [9.17, 15) is 32.5 Å². The van der Waals surface area contributed by atoms with Crippen LogP contribution < -0.4 is 10.6 Å². The summed E-state index contributed by atoms with van der Waals surface area (Å²) in [7, 11) is 0. The van der Waals surface area contributed by atoms with Crippen LogP contribution >= 0.6 is 0 Å². The minimum Gasteiger partial charge on any atom is -0.378 e. The van der Waals surface area contributed by atoms with Gasteiger partial charge < -0.3 is 10.6 Å². The van der Waals surface area contributed by atoms with Crippen molar-refractivity contribution < 1.29 is 27.3 Å². The maximum absolute atomic E-state index is 13.0. The van der Waals surface area contributed by atoms with Crippen LogP contribution in [0.25, 0.3) is 0 Å². The molecule has 0 aliphatic heterocycles. The minimum atomic E-state index is -4.69. The fourth-order valence-corrected chi connectivity index (χ4v) is 2.11. The Morgan fingerprint density at radius 3 is 2.46 bits per heavy atom. The van der Waals surface area contributed by atoms with Gasteiger partial charge in [0.2, 0.25) is 0 Å². The molecule has 2 N–H and O–H groups in total. The van der Waals surface area contributed by atoms with Gasteiger partial charge in [0.25, 0.3) is 11.6 Å². The first-order valence-electron chi connectivity index (χ1n) is 7.32. The smallest absolute Gasteiger partial charge is 0.378 e. The highest BCUT2D eigenvalue weighted by atomic mass is 19.4.